The number of thiophene rings is 1. The number of hydrogen-bond acceptors (Lipinski definition) is 2. The van der Waals surface area contributed by atoms with Crippen molar-refractivity contribution in [2.45, 2.75) is 25.3 Å². The van der Waals surface area contributed by atoms with Crippen LogP contribution in [0.15, 0.2) is 41.8 Å². The predicted molar refractivity (Wildman–Crippen MR) is 70.6 cm³/mol. The summed E-state index contributed by atoms with van der Waals surface area (Å²) < 4.78 is 13.0. The van der Waals surface area contributed by atoms with Gasteiger partial charge in [0.2, 0.25) is 0 Å². The molecule has 1 nitrogen and oxygen atoms in total. The molecule has 90 valence electrons. The van der Waals surface area contributed by atoms with Gasteiger partial charge in [0.25, 0.3) is 0 Å². The standard InChI is InChI=1S/C14H16FNS/c15-12-5-1-4-11(10-12)14(16)8-2-6-13-7-3-9-17-13/h1,3-5,7,9-10,14H,2,6,8,16H2. The van der Waals surface area contributed by atoms with E-state index in [1.807, 2.05) is 6.07 Å². The Hall–Kier alpha value is -1.19. The second-order valence-electron chi connectivity index (χ2n) is 4.13. The highest BCUT2D eigenvalue weighted by molar-refractivity contribution is 7.09. The van der Waals surface area contributed by atoms with Gasteiger partial charge in [-0.3, -0.25) is 0 Å². The van der Waals surface area contributed by atoms with Crippen molar-refractivity contribution in [3.63, 3.8) is 0 Å². The third-order valence-corrected chi connectivity index (χ3v) is 3.73. The topological polar surface area (TPSA) is 26.0 Å². The van der Waals surface area contributed by atoms with Gasteiger partial charge in [-0.15, -0.1) is 11.3 Å². The summed E-state index contributed by atoms with van der Waals surface area (Å²) in [6, 6.07) is 10.7. The van der Waals surface area contributed by atoms with Crippen LogP contribution in [0, 0.1) is 5.82 Å². The highest BCUT2D eigenvalue weighted by Gasteiger charge is 2.06. The van der Waals surface area contributed by atoms with E-state index in [1.54, 1.807) is 17.4 Å². The first-order valence-corrected chi connectivity index (χ1v) is 6.67. The van der Waals surface area contributed by atoms with E-state index in [-0.39, 0.29) is 11.9 Å². The first-order valence-electron chi connectivity index (χ1n) is 5.79. The molecule has 0 saturated heterocycles. The lowest BCUT2D eigenvalue weighted by Crippen LogP contribution is -2.10. The first-order chi connectivity index (χ1) is 8.25. The summed E-state index contributed by atoms with van der Waals surface area (Å²) in [6.07, 6.45) is 2.99. The van der Waals surface area contributed by atoms with Crippen molar-refractivity contribution in [2.24, 2.45) is 5.73 Å². The van der Waals surface area contributed by atoms with Crippen molar-refractivity contribution in [1.82, 2.24) is 0 Å². The zero-order chi connectivity index (χ0) is 12.1. The van der Waals surface area contributed by atoms with Crippen LogP contribution in [0.3, 0.4) is 0 Å². The summed E-state index contributed by atoms with van der Waals surface area (Å²) in [5, 5.41) is 2.09. The Labute approximate surface area is 105 Å². The van der Waals surface area contributed by atoms with Crippen LogP contribution >= 0.6 is 11.3 Å². The molecule has 2 N–H and O–H groups in total. The van der Waals surface area contributed by atoms with Crippen molar-refractivity contribution in [1.29, 1.82) is 0 Å². The fourth-order valence-corrected chi connectivity index (χ4v) is 2.61. The molecule has 2 rings (SSSR count). The molecule has 0 radical (unpaired) electrons. The summed E-state index contributed by atoms with van der Waals surface area (Å²) in [5.74, 6) is -0.212. The van der Waals surface area contributed by atoms with E-state index in [4.69, 9.17) is 5.73 Å². The number of benzene rings is 1. The molecule has 17 heavy (non-hydrogen) atoms. The van der Waals surface area contributed by atoms with E-state index >= 15 is 0 Å². The fraction of sp³-hybridized carbons (Fsp3) is 0.286. The minimum atomic E-state index is -0.212. The Balaban J connectivity index is 1.83. The van der Waals surface area contributed by atoms with Gasteiger partial charge in [-0.05, 0) is 48.4 Å². The average Bonchev–Trinajstić information content (AvgIpc) is 2.82. The van der Waals surface area contributed by atoms with Crippen molar-refractivity contribution in [2.75, 3.05) is 0 Å². The number of halogens is 1. The van der Waals surface area contributed by atoms with Gasteiger partial charge in [0.15, 0.2) is 0 Å². The zero-order valence-corrected chi connectivity index (χ0v) is 10.4. The van der Waals surface area contributed by atoms with Gasteiger partial charge >= 0.3 is 0 Å². The van der Waals surface area contributed by atoms with Gasteiger partial charge in [0, 0.05) is 10.9 Å². The number of rotatable bonds is 5. The molecule has 0 aliphatic heterocycles. The van der Waals surface area contributed by atoms with Crippen LogP contribution in [0.4, 0.5) is 4.39 Å². The predicted octanol–water partition coefficient (Wildman–Crippen LogP) is 3.91. The van der Waals surface area contributed by atoms with Crippen molar-refractivity contribution in [3.05, 3.63) is 58.0 Å². The summed E-state index contributed by atoms with van der Waals surface area (Å²) in [7, 11) is 0. The Morgan fingerprint density at radius 1 is 1.24 bits per heavy atom. The van der Waals surface area contributed by atoms with E-state index < -0.39 is 0 Å². The minimum Gasteiger partial charge on any atom is -0.324 e. The lowest BCUT2D eigenvalue weighted by Gasteiger charge is -2.11. The molecule has 1 aromatic heterocycles. The van der Waals surface area contributed by atoms with E-state index in [2.05, 4.69) is 17.5 Å². The molecule has 1 aromatic carbocycles. The van der Waals surface area contributed by atoms with Gasteiger partial charge in [0.1, 0.15) is 5.82 Å². The Kier molecular flexibility index (Phi) is 4.29. The van der Waals surface area contributed by atoms with Gasteiger partial charge in [-0.1, -0.05) is 18.2 Å². The first kappa shape index (κ1) is 12.3. The van der Waals surface area contributed by atoms with Crippen LogP contribution in [0.25, 0.3) is 0 Å². The number of aryl methyl sites for hydroxylation is 1. The van der Waals surface area contributed by atoms with Crippen LogP contribution in [-0.2, 0) is 6.42 Å². The molecular weight excluding hydrogens is 233 g/mol. The minimum absolute atomic E-state index is 0.0642. The van der Waals surface area contributed by atoms with E-state index in [0.29, 0.717) is 0 Å². The second-order valence-corrected chi connectivity index (χ2v) is 5.17. The van der Waals surface area contributed by atoms with E-state index in [1.165, 1.54) is 17.0 Å². The summed E-state index contributed by atoms with van der Waals surface area (Å²) >= 11 is 1.77. The SMILES string of the molecule is NC(CCCc1cccs1)c1cccc(F)c1. The molecule has 1 atom stereocenters. The van der Waals surface area contributed by atoms with Crippen LogP contribution in [-0.4, -0.2) is 0 Å². The third-order valence-electron chi connectivity index (χ3n) is 2.80. The van der Waals surface area contributed by atoms with Crippen molar-refractivity contribution in [3.8, 4) is 0 Å². The molecule has 0 aliphatic rings. The molecule has 0 bridgehead atoms. The van der Waals surface area contributed by atoms with E-state index in [0.717, 1.165) is 24.8 Å². The maximum absolute atomic E-state index is 13.0. The largest absolute Gasteiger partial charge is 0.324 e. The molecule has 0 spiro atoms. The summed E-state index contributed by atoms with van der Waals surface area (Å²) in [5.41, 5.74) is 6.93. The number of nitrogens with two attached hydrogens (primary N) is 1. The Morgan fingerprint density at radius 2 is 2.12 bits per heavy atom. The van der Waals surface area contributed by atoms with Gasteiger partial charge in [-0.2, -0.15) is 0 Å². The Morgan fingerprint density at radius 3 is 2.82 bits per heavy atom. The lowest BCUT2D eigenvalue weighted by molar-refractivity contribution is 0.594. The fourth-order valence-electron chi connectivity index (χ4n) is 1.85. The van der Waals surface area contributed by atoms with Crippen LogP contribution < -0.4 is 5.73 Å². The average molecular weight is 249 g/mol. The van der Waals surface area contributed by atoms with Crippen molar-refractivity contribution >= 4 is 11.3 Å². The van der Waals surface area contributed by atoms with Crippen LogP contribution in [0.5, 0.6) is 0 Å². The molecule has 0 fully saturated rings. The summed E-state index contributed by atoms with van der Waals surface area (Å²) in [6.45, 7) is 0. The number of hydrogen-bond donors (Lipinski definition) is 1. The van der Waals surface area contributed by atoms with Gasteiger partial charge < -0.3 is 5.73 Å². The molecule has 2 aromatic rings. The molecule has 1 heterocycles. The monoisotopic (exact) mass is 249 g/mol. The molecule has 0 aliphatic carbocycles. The van der Waals surface area contributed by atoms with Crippen LogP contribution in [0.2, 0.25) is 0 Å². The third kappa shape index (κ3) is 3.65. The second kappa shape index (κ2) is 5.94. The zero-order valence-electron chi connectivity index (χ0n) is 9.60. The normalized spacial score (nSPS) is 12.6. The maximum Gasteiger partial charge on any atom is 0.123 e. The smallest absolute Gasteiger partial charge is 0.123 e. The van der Waals surface area contributed by atoms with Crippen molar-refractivity contribution < 1.29 is 4.39 Å². The molecule has 3 heteroatoms. The van der Waals surface area contributed by atoms with E-state index in [9.17, 15) is 4.39 Å². The summed E-state index contributed by atoms with van der Waals surface area (Å²) in [4.78, 5) is 1.39. The molecule has 0 amide bonds. The molecular formula is C14H16FNS. The van der Waals surface area contributed by atoms with Crippen LogP contribution in [0.1, 0.15) is 29.3 Å². The molecule has 1 unspecified atom stereocenters. The quantitative estimate of drug-likeness (QED) is 0.854. The Bertz CT molecular complexity index is 453. The lowest BCUT2D eigenvalue weighted by atomic mass is 10.0. The molecule has 0 saturated carbocycles. The van der Waals surface area contributed by atoms with Gasteiger partial charge in [-0.25, -0.2) is 4.39 Å². The maximum atomic E-state index is 13.0. The highest BCUT2D eigenvalue weighted by Crippen LogP contribution is 2.19. The van der Waals surface area contributed by atoms with Gasteiger partial charge in [0.05, 0.1) is 0 Å². The highest BCUT2D eigenvalue weighted by atomic mass is 32.1.